The average Bonchev–Trinajstić information content (AvgIpc) is 2.94. The summed E-state index contributed by atoms with van der Waals surface area (Å²) in [4.78, 5) is 35.9. The summed E-state index contributed by atoms with van der Waals surface area (Å²) in [5.74, 6) is -0.525. The van der Waals surface area contributed by atoms with Crippen molar-refractivity contribution in [3.8, 4) is 23.3 Å². The van der Waals surface area contributed by atoms with Gasteiger partial charge in [0.2, 0.25) is 5.75 Å². The predicted octanol–water partition coefficient (Wildman–Crippen LogP) is 6.09. The molecular weight excluding hydrogens is 518 g/mol. The zero-order valence-corrected chi connectivity index (χ0v) is 22.1. The van der Waals surface area contributed by atoms with Gasteiger partial charge in [-0.3, -0.25) is 25.0 Å². The number of amides is 1. The SMILES string of the molecule is CCOc1cc(/C=C(/C#N)C(=O)Nc2ccc(N(CC)CC)cc2)ccc1Oc1ccc([N+](=O)[O-])cc1[N+](=O)[O-]. The quantitative estimate of drug-likeness (QED) is 0.123. The Balaban J connectivity index is 1.85. The highest BCUT2D eigenvalue weighted by molar-refractivity contribution is 6.09. The molecule has 3 rings (SSSR count). The molecule has 12 nitrogen and oxygen atoms in total. The minimum absolute atomic E-state index is 0.104. The molecule has 0 heterocycles. The number of nitro benzene ring substituents is 2. The number of anilines is 2. The van der Waals surface area contributed by atoms with E-state index < -0.39 is 27.1 Å². The maximum absolute atomic E-state index is 12.8. The Labute approximate surface area is 230 Å². The van der Waals surface area contributed by atoms with E-state index in [4.69, 9.17) is 9.47 Å². The Morgan fingerprint density at radius 1 is 0.950 bits per heavy atom. The van der Waals surface area contributed by atoms with Gasteiger partial charge in [0.1, 0.15) is 11.6 Å². The predicted molar refractivity (Wildman–Crippen MR) is 150 cm³/mol. The second-order valence-corrected chi connectivity index (χ2v) is 8.25. The number of hydrogen-bond donors (Lipinski definition) is 1. The molecule has 3 aromatic rings. The second kappa shape index (κ2) is 13.4. The number of carbonyl (C=O) groups excluding carboxylic acids is 1. The maximum atomic E-state index is 12.8. The van der Waals surface area contributed by atoms with Crippen LogP contribution in [0.15, 0.2) is 66.2 Å². The molecule has 0 fully saturated rings. The largest absolute Gasteiger partial charge is 0.490 e. The van der Waals surface area contributed by atoms with Crippen molar-refractivity contribution in [3.05, 3.63) is 92.0 Å². The number of nitriles is 1. The van der Waals surface area contributed by atoms with Crippen LogP contribution in [0.25, 0.3) is 6.08 Å². The van der Waals surface area contributed by atoms with Crippen molar-refractivity contribution in [2.24, 2.45) is 0 Å². The number of rotatable bonds is 12. The zero-order valence-electron chi connectivity index (χ0n) is 22.1. The molecule has 3 aromatic carbocycles. The lowest BCUT2D eigenvalue weighted by Crippen LogP contribution is -2.21. The fraction of sp³-hybridized carbons (Fsp3) is 0.214. The van der Waals surface area contributed by atoms with E-state index in [-0.39, 0.29) is 29.4 Å². The number of carbonyl (C=O) groups is 1. The lowest BCUT2D eigenvalue weighted by Gasteiger charge is -2.21. The summed E-state index contributed by atoms with van der Waals surface area (Å²) in [7, 11) is 0. The lowest BCUT2D eigenvalue weighted by atomic mass is 10.1. The molecule has 0 spiro atoms. The van der Waals surface area contributed by atoms with Crippen LogP contribution in [0.3, 0.4) is 0 Å². The first-order chi connectivity index (χ1) is 19.2. The average molecular weight is 546 g/mol. The van der Waals surface area contributed by atoms with Crippen molar-refractivity contribution in [1.82, 2.24) is 0 Å². The molecule has 0 saturated heterocycles. The molecule has 0 aliphatic heterocycles. The van der Waals surface area contributed by atoms with Crippen LogP contribution in [0.5, 0.6) is 17.2 Å². The van der Waals surface area contributed by atoms with Gasteiger partial charge in [-0.2, -0.15) is 5.26 Å². The van der Waals surface area contributed by atoms with Gasteiger partial charge in [-0.05, 0) is 74.9 Å². The third-order valence-electron chi connectivity index (χ3n) is 5.77. The standard InChI is InChI=1S/C28H27N5O7/c1-4-31(5-2)22-10-8-21(9-11-22)30-28(34)20(18-29)15-19-7-13-26(27(16-19)39-6-3)40-25-14-12-23(32(35)36)17-24(25)33(37)38/h7-17H,4-6H2,1-3H3,(H,30,34)/b20-15-. The van der Waals surface area contributed by atoms with Gasteiger partial charge in [0.05, 0.1) is 22.5 Å². The van der Waals surface area contributed by atoms with Gasteiger partial charge in [-0.15, -0.1) is 0 Å². The van der Waals surface area contributed by atoms with Crippen molar-refractivity contribution in [3.63, 3.8) is 0 Å². The number of ether oxygens (including phenoxy) is 2. The highest BCUT2D eigenvalue weighted by Crippen LogP contribution is 2.38. The minimum Gasteiger partial charge on any atom is -0.490 e. The van der Waals surface area contributed by atoms with E-state index >= 15 is 0 Å². The summed E-state index contributed by atoms with van der Waals surface area (Å²) in [5, 5.41) is 34.8. The van der Waals surface area contributed by atoms with Gasteiger partial charge >= 0.3 is 5.69 Å². The Morgan fingerprint density at radius 2 is 1.62 bits per heavy atom. The lowest BCUT2D eigenvalue weighted by molar-refractivity contribution is -0.394. The summed E-state index contributed by atoms with van der Waals surface area (Å²) in [6, 6.07) is 16.7. The molecule has 40 heavy (non-hydrogen) atoms. The van der Waals surface area contributed by atoms with Crippen molar-refractivity contribution in [1.29, 1.82) is 5.26 Å². The van der Waals surface area contributed by atoms with Crippen LogP contribution in [0.1, 0.15) is 26.3 Å². The monoisotopic (exact) mass is 545 g/mol. The summed E-state index contributed by atoms with van der Waals surface area (Å²) in [6.45, 7) is 7.75. The van der Waals surface area contributed by atoms with Gasteiger partial charge < -0.3 is 19.7 Å². The molecule has 1 N–H and O–H groups in total. The van der Waals surface area contributed by atoms with Crippen LogP contribution in [-0.4, -0.2) is 35.5 Å². The summed E-state index contributed by atoms with van der Waals surface area (Å²) >= 11 is 0. The van der Waals surface area contributed by atoms with Gasteiger partial charge in [0.15, 0.2) is 11.5 Å². The Morgan fingerprint density at radius 3 is 2.20 bits per heavy atom. The fourth-order valence-corrected chi connectivity index (χ4v) is 3.79. The first kappa shape index (κ1) is 29.1. The summed E-state index contributed by atoms with van der Waals surface area (Å²) < 4.78 is 11.3. The molecule has 0 aromatic heterocycles. The highest BCUT2D eigenvalue weighted by Gasteiger charge is 2.22. The first-order valence-electron chi connectivity index (χ1n) is 12.4. The number of non-ortho nitro benzene ring substituents is 1. The second-order valence-electron chi connectivity index (χ2n) is 8.25. The van der Waals surface area contributed by atoms with E-state index in [9.17, 15) is 30.3 Å². The molecule has 1 amide bonds. The molecule has 0 atom stereocenters. The van der Waals surface area contributed by atoms with E-state index in [1.807, 2.05) is 18.2 Å². The van der Waals surface area contributed by atoms with E-state index in [0.29, 0.717) is 11.3 Å². The molecule has 0 saturated carbocycles. The van der Waals surface area contributed by atoms with Gasteiger partial charge in [0.25, 0.3) is 11.6 Å². The molecule has 0 unspecified atom stereocenters. The van der Waals surface area contributed by atoms with Crippen molar-refractivity contribution < 1.29 is 24.1 Å². The third-order valence-corrected chi connectivity index (χ3v) is 5.77. The summed E-state index contributed by atoms with van der Waals surface area (Å²) in [5.41, 5.74) is 0.794. The van der Waals surface area contributed by atoms with Crippen LogP contribution in [-0.2, 0) is 4.79 Å². The number of benzene rings is 3. The van der Waals surface area contributed by atoms with Crippen molar-refractivity contribution >= 4 is 34.7 Å². The van der Waals surface area contributed by atoms with Crippen LogP contribution in [0.4, 0.5) is 22.7 Å². The molecule has 0 aliphatic carbocycles. The molecule has 12 heteroatoms. The molecule has 206 valence electrons. The third kappa shape index (κ3) is 7.11. The fourth-order valence-electron chi connectivity index (χ4n) is 3.79. The molecular formula is C28H27N5O7. The van der Waals surface area contributed by atoms with E-state index in [1.165, 1.54) is 18.2 Å². The van der Waals surface area contributed by atoms with Crippen LogP contribution >= 0.6 is 0 Å². The number of hydrogen-bond acceptors (Lipinski definition) is 9. The van der Waals surface area contributed by atoms with Gasteiger partial charge in [-0.25, -0.2) is 0 Å². The zero-order chi connectivity index (χ0) is 29.2. The Kier molecular flexibility index (Phi) is 9.74. The van der Waals surface area contributed by atoms with Crippen LogP contribution < -0.4 is 19.7 Å². The van der Waals surface area contributed by atoms with E-state index in [0.717, 1.165) is 37.0 Å². The Bertz CT molecular complexity index is 1480. The summed E-state index contributed by atoms with van der Waals surface area (Å²) in [6.07, 6.45) is 1.38. The van der Waals surface area contributed by atoms with Gasteiger partial charge in [-0.1, -0.05) is 6.07 Å². The smallest absolute Gasteiger partial charge is 0.318 e. The Hall–Kier alpha value is -5.44. The van der Waals surface area contributed by atoms with Crippen LogP contribution in [0, 0.1) is 31.6 Å². The van der Waals surface area contributed by atoms with Gasteiger partial charge in [0, 0.05) is 30.5 Å². The minimum atomic E-state index is -0.783. The van der Waals surface area contributed by atoms with Crippen LogP contribution in [0.2, 0.25) is 0 Å². The van der Waals surface area contributed by atoms with E-state index in [2.05, 4.69) is 24.1 Å². The van der Waals surface area contributed by atoms with Crippen molar-refractivity contribution in [2.75, 3.05) is 29.9 Å². The number of nitrogens with one attached hydrogen (secondary N) is 1. The van der Waals surface area contributed by atoms with Crippen molar-refractivity contribution in [2.45, 2.75) is 20.8 Å². The molecule has 0 aliphatic rings. The highest BCUT2D eigenvalue weighted by atomic mass is 16.6. The van der Waals surface area contributed by atoms with E-state index in [1.54, 1.807) is 25.1 Å². The normalized spacial score (nSPS) is 10.8. The number of nitro groups is 2. The number of nitrogens with zero attached hydrogens (tertiary/aromatic N) is 4. The first-order valence-corrected chi connectivity index (χ1v) is 12.4. The molecule has 0 bridgehead atoms. The topological polar surface area (TPSA) is 161 Å². The molecule has 0 radical (unpaired) electrons. The maximum Gasteiger partial charge on any atom is 0.318 e.